The maximum atomic E-state index is 12.5. The summed E-state index contributed by atoms with van der Waals surface area (Å²) in [5, 5.41) is 4.80. The van der Waals surface area contributed by atoms with Crippen molar-refractivity contribution in [1.29, 1.82) is 0 Å². The average molecular weight is 355 g/mol. The van der Waals surface area contributed by atoms with Crippen LogP contribution in [-0.2, 0) is 14.8 Å². The van der Waals surface area contributed by atoms with E-state index in [1.807, 2.05) is 0 Å². The number of carbonyl (C=O) groups is 1. The van der Waals surface area contributed by atoms with Gasteiger partial charge in [-0.2, -0.15) is 0 Å². The molecular formula is C12H19ClN2O4S2. The van der Waals surface area contributed by atoms with Crippen LogP contribution in [0, 0.1) is 6.92 Å². The summed E-state index contributed by atoms with van der Waals surface area (Å²) in [7, 11) is -2.47. The standard InChI is InChI=1S/C12H18N2O4S2.ClH/c1-8-7-19-10(12(15)18-2)11(8)20(16,17)14-9-4-3-5-13-6-9;/h7,9,13-14H,3-6H2,1-2H3;1H. The smallest absolute Gasteiger partial charge is 0.349 e. The lowest BCUT2D eigenvalue weighted by Gasteiger charge is -2.23. The molecule has 0 aliphatic carbocycles. The quantitative estimate of drug-likeness (QED) is 0.796. The Morgan fingerprint density at radius 2 is 2.24 bits per heavy atom. The van der Waals surface area contributed by atoms with E-state index in [2.05, 4.69) is 14.8 Å². The zero-order valence-corrected chi connectivity index (χ0v) is 14.3. The van der Waals surface area contributed by atoms with Crippen molar-refractivity contribution >= 4 is 39.7 Å². The summed E-state index contributed by atoms with van der Waals surface area (Å²) >= 11 is 1.09. The second-order valence-electron chi connectivity index (χ2n) is 4.73. The number of ether oxygens (including phenoxy) is 1. The van der Waals surface area contributed by atoms with Gasteiger partial charge in [0.1, 0.15) is 9.77 Å². The molecule has 2 rings (SSSR count). The van der Waals surface area contributed by atoms with Gasteiger partial charge in [-0.05, 0) is 37.3 Å². The third-order valence-electron chi connectivity index (χ3n) is 3.18. The fraction of sp³-hybridized carbons (Fsp3) is 0.583. The van der Waals surface area contributed by atoms with E-state index in [1.54, 1.807) is 12.3 Å². The van der Waals surface area contributed by atoms with Crippen molar-refractivity contribution in [3.8, 4) is 0 Å². The van der Waals surface area contributed by atoms with E-state index in [0.29, 0.717) is 12.1 Å². The first-order valence-electron chi connectivity index (χ1n) is 6.35. The number of thiophene rings is 1. The molecule has 2 N–H and O–H groups in total. The van der Waals surface area contributed by atoms with Gasteiger partial charge in [0.15, 0.2) is 0 Å². The molecule has 6 nitrogen and oxygen atoms in total. The van der Waals surface area contributed by atoms with Gasteiger partial charge in [-0.1, -0.05) is 0 Å². The van der Waals surface area contributed by atoms with Crippen molar-refractivity contribution in [2.75, 3.05) is 20.2 Å². The molecule has 120 valence electrons. The van der Waals surface area contributed by atoms with Gasteiger partial charge in [0, 0.05) is 12.6 Å². The molecule has 9 heteroatoms. The fourth-order valence-electron chi connectivity index (χ4n) is 2.23. The molecule has 1 aromatic heterocycles. The van der Waals surface area contributed by atoms with E-state index < -0.39 is 16.0 Å². The number of hydrogen-bond donors (Lipinski definition) is 2. The minimum absolute atomic E-state index is 0. The van der Waals surface area contributed by atoms with Crippen LogP contribution in [0.3, 0.4) is 0 Å². The molecular weight excluding hydrogens is 336 g/mol. The number of methoxy groups -OCH3 is 1. The first-order chi connectivity index (χ1) is 9.45. The Balaban J connectivity index is 0.00000220. The topological polar surface area (TPSA) is 84.5 Å². The number of rotatable bonds is 4. The van der Waals surface area contributed by atoms with Gasteiger partial charge in [-0.25, -0.2) is 17.9 Å². The maximum Gasteiger partial charge on any atom is 0.349 e. The molecule has 0 radical (unpaired) electrons. The van der Waals surface area contributed by atoms with Crippen molar-refractivity contribution in [3.63, 3.8) is 0 Å². The molecule has 1 saturated heterocycles. The minimum Gasteiger partial charge on any atom is -0.465 e. The normalized spacial score (nSPS) is 18.9. The van der Waals surface area contributed by atoms with E-state index in [4.69, 9.17) is 0 Å². The van der Waals surface area contributed by atoms with Gasteiger partial charge in [0.05, 0.1) is 7.11 Å². The van der Waals surface area contributed by atoms with Crippen molar-refractivity contribution in [2.24, 2.45) is 0 Å². The third kappa shape index (κ3) is 4.17. The van der Waals surface area contributed by atoms with Crippen LogP contribution in [0.2, 0.25) is 0 Å². The van der Waals surface area contributed by atoms with Crippen LogP contribution < -0.4 is 10.0 Å². The average Bonchev–Trinajstić information content (AvgIpc) is 2.81. The Bertz CT molecular complexity index is 594. The molecule has 0 spiro atoms. The molecule has 1 unspecified atom stereocenters. The maximum absolute atomic E-state index is 12.5. The summed E-state index contributed by atoms with van der Waals surface area (Å²) < 4.78 is 32.3. The Labute approximate surface area is 134 Å². The van der Waals surface area contributed by atoms with Crippen molar-refractivity contribution in [2.45, 2.75) is 30.7 Å². The lowest BCUT2D eigenvalue weighted by molar-refractivity contribution is 0.0602. The number of esters is 1. The number of carbonyl (C=O) groups excluding carboxylic acids is 1. The summed E-state index contributed by atoms with van der Waals surface area (Å²) in [5.41, 5.74) is 0.562. The zero-order chi connectivity index (χ0) is 14.8. The van der Waals surface area contributed by atoms with Crippen LogP contribution in [0.25, 0.3) is 0 Å². The number of halogens is 1. The van der Waals surface area contributed by atoms with Crippen LogP contribution in [-0.4, -0.2) is 40.6 Å². The lowest BCUT2D eigenvalue weighted by Crippen LogP contribution is -2.45. The number of aryl methyl sites for hydroxylation is 1. The zero-order valence-electron chi connectivity index (χ0n) is 11.8. The van der Waals surface area contributed by atoms with Gasteiger partial charge in [-0.15, -0.1) is 23.7 Å². The van der Waals surface area contributed by atoms with Crippen LogP contribution >= 0.6 is 23.7 Å². The molecule has 1 aliphatic rings. The summed E-state index contributed by atoms with van der Waals surface area (Å²) in [6, 6.07) is -0.140. The second kappa shape index (κ2) is 7.55. The van der Waals surface area contributed by atoms with Crippen molar-refractivity contribution in [1.82, 2.24) is 10.0 Å². The highest BCUT2D eigenvalue weighted by molar-refractivity contribution is 7.89. The van der Waals surface area contributed by atoms with Crippen molar-refractivity contribution in [3.05, 3.63) is 15.8 Å². The minimum atomic E-state index is -3.71. The summed E-state index contributed by atoms with van der Waals surface area (Å²) in [5.74, 6) is -0.620. The van der Waals surface area contributed by atoms with Crippen molar-refractivity contribution < 1.29 is 17.9 Å². The van der Waals surface area contributed by atoms with E-state index in [1.165, 1.54) is 7.11 Å². The van der Waals surface area contributed by atoms with E-state index in [-0.39, 0.29) is 28.2 Å². The molecule has 1 atom stereocenters. The first kappa shape index (κ1) is 18.4. The monoisotopic (exact) mass is 354 g/mol. The SMILES string of the molecule is COC(=O)c1scc(C)c1S(=O)(=O)NC1CCCNC1.Cl. The Hall–Kier alpha value is -0.670. The van der Waals surface area contributed by atoms with Gasteiger partial charge in [0.2, 0.25) is 10.0 Å². The first-order valence-corrected chi connectivity index (χ1v) is 8.71. The molecule has 0 saturated carbocycles. The Morgan fingerprint density at radius 1 is 1.52 bits per heavy atom. The van der Waals surface area contributed by atoms with E-state index in [9.17, 15) is 13.2 Å². The van der Waals surface area contributed by atoms with Crippen LogP contribution in [0.15, 0.2) is 10.3 Å². The number of piperidine rings is 1. The highest BCUT2D eigenvalue weighted by atomic mass is 35.5. The molecule has 0 aromatic carbocycles. The molecule has 2 heterocycles. The summed E-state index contributed by atoms with van der Waals surface area (Å²) in [6.07, 6.45) is 1.72. The lowest BCUT2D eigenvalue weighted by atomic mass is 10.1. The van der Waals surface area contributed by atoms with Crippen LogP contribution in [0.5, 0.6) is 0 Å². The Morgan fingerprint density at radius 3 is 2.81 bits per heavy atom. The predicted molar refractivity (Wildman–Crippen MR) is 83.9 cm³/mol. The van der Waals surface area contributed by atoms with Gasteiger partial charge >= 0.3 is 5.97 Å². The second-order valence-corrected chi connectivity index (χ2v) is 7.26. The third-order valence-corrected chi connectivity index (χ3v) is 6.09. The highest BCUT2D eigenvalue weighted by Gasteiger charge is 2.29. The van der Waals surface area contributed by atoms with Gasteiger partial charge in [-0.3, -0.25) is 0 Å². The fourth-order valence-corrected chi connectivity index (χ4v) is 5.21. The van der Waals surface area contributed by atoms with E-state index >= 15 is 0 Å². The molecule has 0 bridgehead atoms. The molecule has 21 heavy (non-hydrogen) atoms. The Kier molecular flexibility index (Phi) is 6.61. The molecule has 1 aliphatic heterocycles. The predicted octanol–water partition coefficient (Wildman–Crippen LogP) is 1.30. The van der Waals surface area contributed by atoms with E-state index in [0.717, 1.165) is 30.7 Å². The number of hydrogen-bond acceptors (Lipinski definition) is 6. The van der Waals surface area contributed by atoms with Crippen LogP contribution in [0.1, 0.15) is 28.1 Å². The number of nitrogens with one attached hydrogen (secondary N) is 2. The molecule has 1 fully saturated rings. The highest BCUT2D eigenvalue weighted by Crippen LogP contribution is 2.27. The summed E-state index contributed by atoms with van der Waals surface area (Å²) in [6.45, 7) is 3.19. The molecule has 1 aromatic rings. The number of sulfonamides is 1. The largest absolute Gasteiger partial charge is 0.465 e. The van der Waals surface area contributed by atoms with Gasteiger partial charge in [0.25, 0.3) is 0 Å². The summed E-state index contributed by atoms with van der Waals surface area (Å²) in [4.78, 5) is 11.8. The van der Waals surface area contributed by atoms with Gasteiger partial charge < -0.3 is 10.1 Å². The molecule has 0 amide bonds. The van der Waals surface area contributed by atoms with Crippen LogP contribution in [0.4, 0.5) is 0 Å².